The number of rotatable bonds is 6. The van der Waals surface area contributed by atoms with Gasteiger partial charge in [-0.15, -0.1) is 0 Å². The number of hydrogen-bond donors (Lipinski definition) is 1. The zero-order valence-electron chi connectivity index (χ0n) is 13.2. The van der Waals surface area contributed by atoms with Crippen LogP contribution in [0.5, 0.6) is 0 Å². The van der Waals surface area contributed by atoms with Crippen molar-refractivity contribution in [1.82, 2.24) is 4.98 Å². The first-order chi connectivity index (χ1) is 9.61. The second-order valence-corrected chi connectivity index (χ2v) is 6.44. The topological polar surface area (TPSA) is 42.1 Å². The van der Waals surface area contributed by atoms with E-state index in [1.165, 1.54) is 31.4 Å². The van der Waals surface area contributed by atoms with Crippen LogP contribution in [0.25, 0.3) is 0 Å². The fraction of sp³-hybridized carbons (Fsp3) is 0.706. The zero-order chi connectivity index (χ0) is 14.5. The number of nitrogens with zero attached hydrogens (tertiary/aromatic N) is 2. The highest BCUT2D eigenvalue weighted by Gasteiger charge is 2.23. The van der Waals surface area contributed by atoms with E-state index in [9.17, 15) is 0 Å². The molecule has 1 aromatic rings. The largest absolute Gasteiger partial charge is 0.367 e. The van der Waals surface area contributed by atoms with Gasteiger partial charge in [0.05, 0.1) is 17.6 Å². The van der Waals surface area contributed by atoms with Gasteiger partial charge in [-0.25, -0.2) is 0 Å². The molecule has 3 heteroatoms. The fourth-order valence-corrected chi connectivity index (χ4v) is 3.07. The smallest absolute Gasteiger partial charge is 0.0572 e. The third-order valence-electron chi connectivity index (χ3n) is 4.25. The Kier molecular flexibility index (Phi) is 5.41. The molecule has 1 atom stereocenters. The highest BCUT2D eigenvalue weighted by atomic mass is 15.2. The van der Waals surface area contributed by atoms with Crippen LogP contribution in [0.4, 0.5) is 5.69 Å². The Hall–Kier alpha value is -1.09. The maximum Gasteiger partial charge on any atom is 0.0572 e. The van der Waals surface area contributed by atoms with Crippen molar-refractivity contribution in [3.63, 3.8) is 0 Å². The number of hydrogen-bond acceptors (Lipinski definition) is 3. The van der Waals surface area contributed by atoms with Crippen LogP contribution in [0.2, 0.25) is 0 Å². The molecule has 1 fully saturated rings. The highest BCUT2D eigenvalue weighted by Crippen LogP contribution is 2.29. The minimum absolute atomic E-state index is 0.0640. The molecular formula is C17H29N3. The molecule has 1 aromatic heterocycles. The van der Waals surface area contributed by atoms with Gasteiger partial charge in [0, 0.05) is 18.6 Å². The number of aromatic nitrogens is 1. The van der Waals surface area contributed by atoms with Gasteiger partial charge in [-0.05, 0) is 37.3 Å². The predicted octanol–water partition coefficient (Wildman–Crippen LogP) is 3.90. The lowest BCUT2D eigenvalue weighted by atomic mass is 10.1. The van der Waals surface area contributed by atoms with Gasteiger partial charge in [0.1, 0.15) is 0 Å². The maximum absolute atomic E-state index is 6.05. The molecule has 0 amide bonds. The maximum atomic E-state index is 6.05. The molecular weight excluding hydrogens is 246 g/mol. The van der Waals surface area contributed by atoms with E-state index in [1.807, 2.05) is 6.20 Å². The van der Waals surface area contributed by atoms with Crippen LogP contribution in [0.15, 0.2) is 18.3 Å². The van der Waals surface area contributed by atoms with Crippen molar-refractivity contribution in [2.24, 2.45) is 11.7 Å². The van der Waals surface area contributed by atoms with Gasteiger partial charge in [-0.3, -0.25) is 4.98 Å². The lowest BCUT2D eigenvalue weighted by Crippen LogP contribution is -2.36. The van der Waals surface area contributed by atoms with E-state index >= 15 is 0 Å². The third kappa shape index (κ3) is 3.72. The second-order valence-electron chi connectivity index (χ2n) is 6.44. The van der Waals surface area contributed by atoms with Gasteiger partial charge in [0.2, 0.25) is 0 Å². The summed E-state index contributed by atoms with van der Waals surface area (Å²) in [6.45, 7) is 7.79. The summed E-state index contributed by atoms with van der Waals surface area (Å²) >= 11 is 0. The molecule has 2 N–H and O–H groups in total. The Balaban J connectivity index is 2.15. The summed E-state index contributed by atoms with van der Waals surface area (Å²) in [5.41, 5.74) is 8.32. The van der Waals surface area contributed by atoms with Crippen molar-refractivity contribution in [3.05, 3.63) is 24.0 Å². The summed E-state index contributed by atoms with van der Waals surface area (Å²) < 4.78 is 0. The molecule has 112 valence electrons. The second kappa shape index (κ2) is 7.07. The van der Waals surface area contributed by atoms with Crippen LogP contribution in [0.1, 0.15) is 64.6 Å². The Morgan fingerprint density at radius 1 is 1.30 bits per heavy atom. The fourth-order valence-electron chi connectivity index (χ4n) is 3.07. The van der Waals surface area contributed by atoms with E-state index in [-0.39, 0.29) is 6.04 Å². The Morgan fingerprint density at radius 3 is 2.50 bits per heavy atom. The van der Waals surface area contributed by atoms with E-state index < -0.39 is 0 Å². The lowest BCUT2D eigenvalue weighted by molar-refractivity contribution is 0.535. The monoisotopic (exact) mass is 275 g/mol. The standard InChI is InChI=1S/C17H29N3/c1-4-16(18)17-10-9-15(11-19-17)20(12-13(2)3)14-7-5-6-8-14/h9-11,13-14,16H,4-8,12,18H2,1-3H3/t16-/m1/s1. The Bertz CT molecular complexity index is 393. The van der Waals surface area contributed by atoms with E-state index in [0.29, 0.717) is 12.0 Å². The van der Waals surface area contributed by atoms with Crippen molar-refractivity contribution in [1.29, 1.82) is 0 Å². The Morgan fingerprint density at radius 2 is 2.00 bits per heavy atom. The van der Waals surface area contributed by atoms with Crippen LogP contribution in [0.3, 0.4) is 0 Å². The van der Waals surface area contributed by atoms with Gasteiger partial charge in [-0.1, -0.05) is 33.6 Å². The predicted molar refractivity (Wildman–Crippen MR) is 85.9 cm³/mol. The van der Waals surface area contributed by atoms with Crippen molar-refractivity contribution in [3.8, 4) is 0 Å². The Labute approximate surface area is 123 Å². The van der Waals surface area contributed by atoms with Gasteiger partial charge in [0.15, 0.2) is 0 Å². The molecule has 20 heavy (non-hydrogen) atoms. The van der Waals surface area contributed by atoms with Crippen molar-refractivity contribution < 1.29 is 0 Å². The molecule has 0 unspecified atom stereocenters. The summed E-state index contributed by atoms with van der Waals surface area (Å²) in [5.74, 6) is 0.674. The number of nitrogens with two attached hydrogens (primary N) is 1. The van der Waals surface area contributed by atoms with Gasteiger partial charge < -0.3 is 10.6 Å². The summed E-state index contributed by atoms with van der Waals surface area (Å²) in [4.78, 5) is 7.14. The van der Waals surface area contributed by atoms with Crippen LogP contribution in [0, 0.1) is 5.92 Å². The summed E-state index contributed by atoms with van der Waals surface area (Å²) in [6, 6.07) is 5.07. The lowest BCUT2D eigenvalue weighted by Gasteiger charge is -2.32. The van der Waals surface area contributed by atoms with Crippen LogP contribution in [-0.2, 0) is 0 Å². The van der Waals surface area contributed by atoms with Gasteiger partial charge >= 0.3 is 0 Å². The van der Waals surface area contributed by atoms with Crippen molar-refractivity contribution in [2.45, 2.75) is 65.0 Å². The normalized spacial score (nSPS) is 17.6. The minimum atomic E-state index is 0.0640. The molecule has 0 aliphatic heterocycles. The van der Waals surface area contributed by atoms with Gasteiger partial charge in [-0.2, -0.15) is 0 Å². The van der Waals surface area contributed by atoms with Crippen LogP contribution >= 0.6 is 0 Å². The van der Waals surface area contributed by atoms with E-state index in [4.69, 9.17) is 5.73 Å². The first-order valence-electron chi connectivity index (χ1n) is 8.10. The molecule has 1 heterocycles. The van der Waals surface area contributed by atoms with Gasteiger partial charge in [0.25, 0.3) is 0 Å². The first kappa shape index (κ1) is 15.3. The molecule has 1 saturated carbocycles. The van der Waals surface area contributed by atoms with Crippen molar-refractivity contribution in [2.75, 3.05) is 11.4 Å². The zero-order valence-corrected chi connectivity index (χ0v) is 13.2. The quantitative estimate of drug-likeness (QED) is 0.856. The highest BCUT2D eigenvalue weighted by molar-refractivity contribution is 5.46. The van der Waals surface area contributed by atoms with Crippen LogP contribution in [-0.4, -0.2) is 17.6 Å². The average molecular weight is 275 g/mol. The summed E-state index contributed by atoms with van der Waals surface area (Å²) in [5, 5.41) is 0. The molecule has 0 spiro atoms. The van der Waals surface area contributed by atoms with E-state index in [1.54, 1.807) is 0 Å². The first-order valence-corrected chi connectivity index (χ1v) is 8.10. The number of anilines is 1. The average Bonchev–Trinajstić information content (AvgIpc) is 2.98. The summed E-state index contributed by atoms with van der Waals surface area (Å²) in [6.07, 6.45) is 8.33. The summed E-state index contributed by atoms with van der Waals surface area (Å²) in [7, 11) is 0. The SMILES string of the molecule is CC[C@@H](N)c1ccc(N(CC(C)C)C2CCCC2)cn1. The molecule has 3 nitrogen and oxygen atoms in total. The minimum Gasteiger partial charge on any atom is -0.367 e. The molecule has 1 aliphatic rings. The molecule has 0 saturated heterocycles. The van der Waals surface area contributed by atoms with Crippen molar-refractivity contribution >= 4 is 5.69 Å². The number of pyridine rings is 1. The molecule has 2 rings (SSSR count). The molecule has 0 bridgehead atoms. The van der Waals surface area contributed by atoms with Crippen LogP contribution < -0.4 is 10.6 Å². The molecule has 0 aromatic carbocycles. The van der Waals surface area contributed by atoms with E-state index in [0.717, 1.165) is 18.7 Å². The molecule has 1 aliphatic carbocycles. The third-order valence-corrected chi connectivity index (χ3v) is 4.25. The molecule has 0 radical (unpaired) electrons. The van der Waals surface area contributed by atoms with E-state index in [2.05, 4.69) is 42.8 Å².